The third-order valence-electron chi connectivity index (χ3n) is 2.64. The van der Waals surface area contributed by atoms with Crippen molar-refractivity contribution in [1.29, 1.82) is 0 Å². The lowest BCUT2D eigenvalue weighted by atomic mass is 10.4. The highest BCUT2D eigenvalue weighted by atomic mass is 35.5. The minimum absolute atomic E-state index is 0. The van der Waals surface area contributed by atoms with Crippen LogP contribution in [0.5, 0.6) is 0 Å². The minimum Gasteiger partial charge on any atom is -0.343 e. The van der Waals surface area contributed by atoms with E-state index in [-0.39, 0.29) is 30.6 Å². The zero-order chi connectivity index (χ0) is 12.2. The molecule has 1 rings (SSSR count). The summed E-state index contributed by atoms with van der Waals surface area (Å²) >= 11 is 0. The van der Waals surface area contributed by atoms with Gasteiger partial charge in [0.1, 0.15) is 0 Å². The largest absolute Gasteiger partial charge is 0.343 e. The zero-order valence-corrected chi connectivity index (χ0v) is 11.8. The molecule has 1 amide bonds. The molecule has 0 spiro atoms. The second-order valence-corrected chi connectivity index (χ2v) is 6.01. The van der Waals surface area contributed by atoms with Crippen LogP contribution in [0.25, 0.3) is 0 Å². The van der Waals surface area contributed by atoms with E-state index in [1.807, 2.05) is 7.05 Å². The van der Waals surface area contributed by atoms with Crippen molar-refractivity contribution in [2.75, 3.05) is 46.0 Å². The second kappa shape index (κ2) is 7.15. The van der Waals surface area contributed by atoms with E-state index in [9.17, 15) is 13.2 Å². The molecule has 102 valence electrons. The van der Waals surface area contributed by atoms with Gasteiger partial charge in [-0.25, -0.2) is 8.42 Å². The first-order valence-corrected chi connectivity index (χ1v) is 6.94. The van der Waals surface area contributed by atoms with E-state index in [4.69, 9.17) is 0 Å². The highest BCUT2D eigenvalue weighted by Gasteiger charge is 2.30. The number of likely N-dealkylation sites (N-methyl/N-ethyl adjacent to an activating group) is 2. The molecule has 0 bridgehead atoms. The molecule has 1 heterocycles. The smallest absolute Gasteiger partial charge is 0.237 e. The first kappa shape index (κ1) is 16.6. The number of sulfonamides is 1. The summed E-state index contributed by atoms with van der Waals surface area (Å²) in [7, 11) is 0.326. The third kappa shape index (κ3) is 4.79. The molecule has 0 aromatic carbocycles. The summed E-state index contributed by atoms with van der Waals surface area (Å²) in [6.45, 7) is 1.73. The minimum atomic E-state index is -3.17. The molecule has 6 nitrogen and oxygen atoms in total. The van der Waals surface area contributed by atoms with Crippen molar-refractivity contribution in [2.45, 2.75) is 6.42 Å². The number of hydrogen-bond acceptors (Lipinski definition) is 4. The van der Waals surface area contributed by atoms with Crippen LogP contribution in [0.15, 0.2) is 0 Å². The van der Waals surface area contributed by atoms with E-state index in [2.05, 4.69) is 5.32 Å². The van der Waals surface area contributed by atoms with Gasteiger partial charge in [-0.1, -0.05) is 0 Å². The lowest BCUT2D eigenvalue weighted by Crippen LogP contribution is -2.41. The molecular weight excluding hydrogens is 266 g/mol. The Labute approximate surface area is 109 Å². The Morgan fingerprint density at radius 3 is 2.59 bits per heavy atom. The maximum absolute atomic E-state index is 11.7. The van der Waals surface area contributed by atoms with Gasteiger partial charge in [0.15, 0.2) is 0 Å². The fourth-order valence-corrected chi connectivity index (χ4v) is 3.01. The molecule has 0 unspecified atom stereocenters. The predicted molar refractivity (Wildman–Crippen MR) is 68.8 cm³/mol. The number of hydrogen-bond donors (Lipinski definition) is 1. The van der Waals surface area contributed by atoms with E-state index >= 15 is 0 Å². The highest BCUT2D eigenvalue weighted by molar-refractivity contribution is 7.89. The summed E-state index contributed by atoms with van der Waals surface area (Å²) in [5.74, 6) is 0.0151. The Hall–Kier alpha value is -0.370. The maximum atomic E-state index is 11.7. The molecule has 0 atom stereocenters. The molecule has 17 heavy (non-hydrogen) atoms. The summed E-state index contributed by atoms with van der Waals surface area (Å²) in [4.78, 5) is 13.2. The first-order chi connectivity index (χ1) is 7.47. The summed E-state index contributed by atoms with van der Waals surface area (Å²) in [5, 5.41) is 2.94. The van der Waals surface area contributed by atoms with E-state index in [1.54, 1.807) is 11.9 Å². The van der Waals surface area contributed by atoms with E-state index in [0.717, 1.165) is 0 Å². The standard InChI is InChI=1S/C9H19N3O3S.ClH/c1-10-4-6-11(2)9(13)8-12-5-3-7-16(12,14)15;/h10H,3-8H2,1-2H3;1H. The van der Waals surface area contributed by atoms with Gasteiger partial charge in [0.05, 0.1) is 12.3 Å². The van der Waals surface area contributed by atoms with Crippen LogP contribution >= 0.6 is 12.4 Å². The molecule has 0 aromatic heterocycles. The van der Waals surface area contributed by atoms with Gasteiger partial charge < -0.3 is 10.2 Å². The quantitative estimate of drug-likeness (QED) is 0.712. The molecule has 1 aliphatic heterocycles. The van der Waals surface area contributed by atoms with Crippen LogP contribution < -0.4 is 5.32 Å². The van der Waals surface area contributed by atoms with Gasteiger partial charge in [-0.2, -0.15) is 4.31 Å². The average molecular weight is 286 g/mol. The molecule has 0 aliphatic carbocycles. The van der Waals surface area contributed by atoms with Gasteiger partial charge in [-0.15, -0.1) is 12.4 Å². The summed E-state index contributed by atoms with van der Waals surface area (Å²) < 4.78 is 24.2. The molecule has 1 saturated heterocycles. The Bertz CT molecular complexity index is 347. The molecule has 8 heteroatoms. The Balaban J connectivity index is 0.00000256. The van der Waals surface area contributed by atoms with E-state index in [1.165, 1.54) is 4.31 Å². The van der Waals surface area contributed by atoms with Gasteiger partial charge in [0, 0.05) is 26.7 Å². The topological polar surface area (TPSA) is 69.7 Å². The summed E-state index contributed by atoms with van der Waals surface area (Å²) in [6.07, 6.45) is 0.621. The van der Waals surface area contributed by atoms with E-state index in [0.29, 0.717) is 26.1 Å². The predicted octanol–water partition coefficient (Wildman–Crippen LogP) is -0.878. The molecule has 0 radical (unpaired) electrons. The van der Waals surface area contributed by atoms with Crippen LogP contribution in [0, 0.1) is 0 Å². The van der Waals surface area contributed by atoms with Gasteiger partial charge in [-0.05, 0) is 13.5 Å². The van der Waals surface area contributed by atoms with Crippen molar-refractivity contribution < 1.29 is 13.2 Å². The Kier molecular flexibility index (Phi) is 6.99. The molecule has 0 saturated carbocycles. The number of carbonyl (C=O) groups excluding carboxylic acids is 1. The van der Waals surface area contributed by atoms with Crippen molar-refractivity contribution in [3.8, 4) is 0 Å². The van der Waals surface area contributed by atoms with Crippen LogP contribution in [0.4, 0.5) is 0 Å². The third-order valence-corrected chi connectivity index (χ3v) is 4.54. The fraction of sp³-hybridized carbons (Fsp3) is 0.889. The van der Waals surface area contributed by atoms with Crippen molar-refractivity contribution in [3.05, 3.63) is 0 Å². The Morgan fingerprint density at radius 2 is 2.12 bits per heavy atom. The van der Waals surface area contributed by atoms with Gasteiger partial charge in [-0.3, -0.25) is 4.79 Å². The lowest BCUT2D eigenvalue weighted by molar-refractivity contribution is -0.129. The number of halogens is 1. The van der Waals surface area contributed by atoms with Gasteiger partial charge in [0.25, 0.3) is 0 Å². The SMILES string of the molecule is CNCCN(C)C(=O)CN1CCCS1(=O)=O.Cl. The van der Waals surface area contributed by atoms with Crippen molar-refractivity contribution in [3.63, 3.8) is 0 Å². The molecule has 0 aromatic rings. The van der Waals surface area contributed by atoms with Gasteiger partial charge in [0.2, 0.25) is 15.9 Å². The second-order valence-electron chi connectivity index (χ2n) is 3.92. The van der Waals surface area contributed by atoms with Gasteiger partial charge >= 0.3 is 0 Å². The van der Waals surface area contributed by atoms with Crippen molar-refractivity contribution in [1.82, 2.24) is 14.5 Å². The number of carbonyl (C=O) groups is 1. The molecule has 1 fully saturated rings. The van der Waals surface area contributed by atoms with Crippen LogP contribution in [-0.4, -0.2) is 69.6 Å². The normalized spacial score (nSPS) is 18.7. The number of nitrogens with zero attached hydrogens (tertiary/aromatic N) is 2. The molecule has 1 N–H and O–H groups in total. The Morgan fingerprint density at radius 1 is 1.47 bits per heavy atom. The average Bonchev–Trinajstić information content (AvgIpc) is 2.54. The monoisotopic (exact) mass is 285 g/mol. The maximum Gasteiger partial charge on any atom is 0.237 e. The summed E-state index contributed by atoms with van der Waals surface area (Å²) in [6, 6.07) is 0. The number of nitrogens with one attached hydrogen (secondary N) is 1. The van der Waals surface area contributed by atoms with E-state index < -0.39 is 10.0 Å². The highest BCUT2D eigenvalue weighted by Crippen LogP contribution is 2.12. The van der Waals surface area contributed by atoms with Crippen LogP contribution in [-0.2, 0) is 14.8 Å². The first-order valence-electron chi connectivity index (χ1n) is 5.34. The van der Waals surface area contributed by atoms with Crippen molar-refractivity contribution in [2.24, 2.45) is 0 Å². The summed E-state index contributed by atoms with van der Waals surface area (Å²) in [5.41, 5.74) is 0. The lowest BCUT2D eigenvalue weighted by Gasteiger charge is -2.20. The number of rotatable bonds is 5. The molecule has 1 aliphatic rings. The fourth-order valence-electron chi connectivity index (χ4n) is 1.54. The zero-order valence-electron chi connectivity index (χ0n) is 10.2. The number of amides is 1. The van der Waals surface area contributed by atoms with Crippen LogP contribution in [0.1, 0.15) is 6.42 Å². The van der Waals surface area contributed by atoms with Crippen LogP contribution in [0.3, 0.4) is 0 Å². The molecular formula is C9H20ClN3O3S. The van der Waals surface area contributed by atoms with Crippen LogP contribution in [0.2, 0.25) is 0 Å². The van der Waals surface area contributed by atoms with Crippen molar-refractivity contribution >= 4 is 28.3 Å².